The Kier molecular flexibility index (Phi) is 5.61. The molecule has 0 spiro atoms. The molecule has 0 saturated heterocycles. The first kappa shape index (κ1) is 15.8. The third kappa shape index (κ3) is 4.46. The number of aromatic nitrogens is 2. The van der Waals surface area contributed by atoms with Crippen LogP contribution in [0.25, 0.3) is 0 Å². The largest absolute Gasteiger partial charge is 0.383 e. The van der Waals surface area contributed by atoms with E-state index in [4.69, 9.17) is 4.74 Å². The Hall–Kier alpha value is -1.56. The normalized spacial score (nSPS) is 22.0. The number of anilines is 1. The van der Waals surface area contributed by atoms with Crippen molar-refractivity contribution in [3.8, 4) is 0 Å². The first-order valence-corrected chi connectivity index (χ1v) is 7.65. The van der Waals surface area contributed by atoms with Crippen LogP contribution in [0.2, 0.25) is 0 Å². The molecule has 0 bridgehead atoms. The summed E-state index contributed by atoms with van der Waals surface area (Å²) in [5, 5.41) is 7.11. The van der Waals surface area contributed by atoms with Crippen LogP contribution in [0, 0.1) is 5.92 Å². The summed E-state index contributed by atoms with van der Waals surface area (Å²) >= 11 is 0. The van der Waals surface area contributed by atoms with E-state index in [1.165, 1.54) is 12.8 Å². The van der Waals surface area contributed by atoms with Crippen molar-refractivity contribution >= 4 is 11.7 Å². The van der Waals surface area contributed by atoms with Crippen LogP contribution >= 0.6 is 0 Å². The molecule has 118 valence electrons. The summed E-state index contributed by atoms with van der Waals surface area (Å²) in [5.74, 6) is 0.704. The number of hydrogen-bond acceptors (Lipinski definition) is 3. The average molecular weight is 294 g/mol. The maximum Gasteiger partial charge on any atom is 0.321 e. The van der Waals surface area contributed by atoms with Gasteiger partial charge < -0.3 is 15.0 Å². The van der Waals surface area contributed by atoms with E-state index in [1.54, 1.807) is 18.0 Å². The van der Waals surface area contributed by atoms with E-state index >= 15 is 0 Å². The summed E-state index contributed by atoms with van der Waals surface area (Å²) in [6.45, 7) is 3.55. The van der Waals surface area contributed by atoms with Crippen LogP contribution in [-0.4, -0.2) is 47.5 Å². The number of urea groups is 1. The van der Waals surface area contributed by atoms with Crippen LogP contribution in [0.1, 0.15) is 32.6 Å². The van der Waals surface area contributed by atoms with E-state index in [9.17, 15) is 4.79 Å². The van der Waals surface area contributed by atoms with Gasteiger partial charge in [0.05, 0.1) is 25.0 Å². The standard InChI is InChI=1S/C15H26N4O2/c1-12-5-4-6-14(9-12)18(2)15(20)17-13-10-16-19(11-13)7-8-21-3/h10-12,14H,4-9H2,1-3H3,(H,17,20)/t12-,14+/m1/s1. The SMILES string of the molecule is COCCn1cc(NC(=O)N(C)[C@H]2CCC[C@@H](C)C2)cn1. The second-order valence-electron chi connectivity index (χ2n) is 5.95. The molecule has 1 N–H and O–H groups in total. The second-order valence-corrected chi connectivity index (χ2v) is 5.95. The highest BCUT2D eigenvalue weighted by Gasteiger charge is 2.25. The Morgan fingerprint density at radius 2 is 2.38 bits per heavy atom. The second kappa shape index (κ2) is 7.45. The first-order chi connectivity index (χ1) is 10.1. The zero-order valence-electron chi connectivity index (χ0n) is 13.2. The summed E-state index contributed by atoms with van der Waals surface area (Å²) in [7, 11) is 3.54. The van der Waals surface area contributed by atoms with Gasteiger partial charge in [-0.25, -0.2) is 4.79 Å². The first-order valence-electron chi connectivity index (χ1n) is 7.65. The predicted molar refractivity (Wildman–Crippen MR) is 82.3 cm³/mol. The monoisotopic (exact) mass is 294 g/mol. The minimum absolute atomic E-state index is 0.0552. The van der Waals surface area contributed by atoms with Crippen molar-refractivity contribution in [1.29, 1.82) is 0 Å². The zero-order chi connectivity index (χ0) is 15.2. The lowest BCUT2D eigenvalue weighted by molar-refractivity contribution is 0.171. The van der Waals surface area contributed by atoms with Gasteiger partial charge in [-0.05, 0) is 18.8 Å². The molecule has 1 aliphatic rings. The molecule has 0 unspecified atom stereocenters. The number of hydrogen-bond donors (Lipinski definition) is 1. The van der Waals surface area contributed by atoms with Crippen molar-refractivity contribution in [1.82, 2.24) is 14.7 Å². The van der Waals surface area contributed by atoms with Gasteiger partial charge in [0, 0.05) is 26.4 Å². The van der Waals surface area contributed by atoms with E-state index in [1.807, 2.05) is 18.1 Å². The van der Waals surface area contributed by atoms with Crippen LogP contribution in [0.3, 0.4) is 0 Å². The molecule has 0 aromatic carbocycles. The van der Waals surface area contributed by atoms with Gasteiger partial charge in [-0.3, -0.25) is 4.68 Å². The van der Waals surface area contributed by atoms with Gasteiger partial charge in [-0.15, -0.1) is 0 Å². The Balaban J connectivity index is 1.86. The number of rotatable bonds is 5. The fourth-order valence-corrected chi connectivity index (χ4v) is 2.87. The molecule has 6 heteroatoms. The molecule has 1 fully saturated rings. The minimum atomic E-state index is -0.0552. The maximum absolute atomic E-state index is 12.3. The highest BCUT2D eigenvalue weighted by Crippen LogP contribution is 2.26. The molecule has 2 rings (SSSR count). The van der Waals surface area contributed by atoms with Gasteiger partial charge in [-0.1, -0.05) is 19.8 Å². The molecule has 2 atom stereocenters. The third-order valence-corrected chi connectivity index (χ3v) is 4.19. The highest BCUT2D eigenvalue weighted by molar-refractivity contribution is 5.89. The molecule has 1 aromatic heterocycles. The number of nitrogens with one attached hydrogen (secondary N) is 1. The molecule has 0 radical (unpaired) electrons. The smallest absolute Gasteiger partial charge is 0.321 e. The van der Waals surface area contributed by atoms with Crippen molar-refractivity contribution in [2.24, 2.45) is 5.92 Å². The van der Waals surface area contributed by atoms with Gasteiger partial charge >= 0.3 is 6.03 Å². The molecule has 6 nitrogen and oxygen atoms in total. The number of carbonyl (C=O) groups is 1. The van der Waals surface area contributed by atoms with Gasteiger partial charge in [-0.2, -0.15) is 5.10 Å². The summed E-state index contributed by atoms with van der Waals surface area (Å²) < 4.78 is 6.77. The van der Waals surface area contributed by atoms with Gasteiger partial charge in [0.25, 0.3) is 0 Å². The number of methoxy groups -OCH3 is 1. The van der Waals surface area contributed by atoms with Crippen LogP contribution in [0.4, 0.5) is 10.5 Å². The van der Waals surface area contributed by atoms with Gasteiger partial charge in [0.2, 0.25) is 0 Å². The molecule has 2 amide bonds. The molecular weight excluding hydrogens is 268 g/mol. The minimum Gasteiger partial charge on any atom is -0.383 e. The number of ether oxygens (including phenoxy) is 1. The Morgan fingerprint density at radius 3 is 3.10 bits per heavy atom. The van der Waals surface area contributed by atoms with E-state index in [0.29, 0.717) is 25.1 Å². The maximum atomic E-state index is 12.3. The molecule has 1 saturated carbocycles. The van der Waals surface area contributed by atoms with Crippen LogP contribution in [-0.2, 0) is 11.3 Å². The van der Waals surface area contributed by atoms with Crippen molar-refractivity contribution in [2.45, 2.75) is 45.2 Å². The Morgan fingerprint density at radius 1 is 1.57 bits per heavy atom. The molecule has 1 heterocycles. The lowest BCUT2D eigenvalue weighted by atomic mass is 9.86. The topological polar surface area (TPSA) is 59.4 Å². The zero-order valence-corrected chi connectivity index (χ0v) is 13.2. The van der Waals surface area contributed by atoms with Crippen LogP contribution < -0.4 is 5.32 Å². The summed E-state index contributed by atoms with van der Waals surface area (Å²) in [5.41, 5.74) is 0.729. The van der Waals surface area contributed by atoms with Crippen LogP contribution in [0.5, 0.6) is 0 Å². The lowest BCUT2D eigenvalue weighted by Crippen LogP contribution is -2.42. The third-order valence-electron chi connectivity index (χ3n) is 4.19. The lowest BCUT2D eigenvalue weighted by Gasteiger charge is -2.34. The van der Waals surface area contributed by atoms with Crippen LogP contribution in [0.15, 0.2) is 12.4 Å². The summed E-state index contributed by atoms with van der Waals surface area (Å²) in [4.78, 5) is 14.1. The van der Waals surface area contributed by atoms with E-state index in [2.05, 4.69) is 17.3 Å². The molecule has 1 aliphatic carbocycles. The summed E-state index contributed by atoms with van der Waals surface area (Å²) in [6.07, 6.45) is 8.17. The Labute approximate surface area is 126 Å². The molecule has 1 aromatic rings. The van der Waals surface area contributed by atoms with E-state index in [0.717, 1.165) is 18.5 Å². The highest BCUT2D eigenvalue weighted by atomic mass is 16.5. The molecular formula is C15H26N4O2. The fourth-order valence-electron chi connectivity index (χ4n) is 2.87. The van der Waals surface area contributed by atoms with E-state index in [-0.39, 0.29) is 6.03 Å². The van der Waals surface area contributed by atoms with Crippen molar-refractivity contribution in [2.75, 3.05) is 26.1 Å². The molecule has 0 aliphatic heterocycles. The molecule has 21 heavy (non-hydrogen) atoms. The number of carbonyl (C=O) groups excluding carboxylic acids is 1. The van der Waals surface area contributed by atoms with Gasteiger partial charge in [0.15, 0.2) is 0 Å². The van der Waals surface area contributed by atoms with Crippen molar-refractivity contribution in [3.05, 3.63) is 12.4 Å². The van der Waals surface area contributed by atoms with Crippen molar-refractivity contribution in [3.63, 3.8) is 0 Å². The van der Waals surface area contributed by atoms with E-state index < -0.39 is 0 Å². The predicted octanol–water partition coefficient (Wildman–Crippen LogP) is 2.57. The van der Waals surface area contributed by atoms with Gasteiger partial charge in [0.1, 0.15) is 0 Å². The number of amides is 2. The van der Waals surface area contributed by atoms with Crippen molar-refractivity contribution < 1.29 is 9.53 Å². The summed E-state index contributed by atoms with van der Waals surface area (Å²) in [6, 6.07) is 0.290. The quantitative estimate of drug-likeness (QED) is 0.908. The Bertz CT molecular complexity index is 460. The number of nitrogens with zero attached hydrogens (tertiary/aromatic N) is 3. The fraction of sp³-hybridized carbons (Fsp3) is 0.733. The average Bonchev–Trinajstić information content (AvgIpc) is 2.91.